The average Bonchev–Trinajstić information content (AvgIpc) is 2.70. The maximum Gasteiger partial charge on any atom is 0.252 e. The third-order valence-corrected chi connectivity index (χ3v) is 4.66. The van der Waals surface area contributed by atoms with Gasteiger partial charge in [-0.05, 0) is 29.8 Å². The van der Waals surface area contributed by atoms with Gasteiger partial charge in [0.05, 0.1) is 24.8 Å². The zero-order valence-electron chi connectivity index (χ0n) is 15.4. The molecule has 1 N–H and O–H groups in total. The molecule has 26 heavy (non-hydrogen) atoms. The number of nitrogens with zero attached hydrogens (tertiary/aromatic N) is 3. The van der Waals surface area contributed by atoms with E-state index in [-0.39, 0.29) is 11.9 Å². The number of anilines is 1. The normalized spacial score (nSPS) is 16.1. The minimum Gasteiger partial charge on any atom is -0.379 e. The lowest BCUT2D eigenvalue weighted by atomic mass is 10.0. The summed E-state index contributed by atoms with van der Waals surface area (Å²) in [6, 6.07) is 12.2. The van der Waals surface area contributed by atoms with Gasteiger partial charge in [-0.15, -0.1) is 0 Å². The summed E-state index contributed by atoms with van der Waals surface area (Å²) < 4.78 is 5.49. The number of pyridine rings is 1. The second kappa shape index (κ2) is 8.78. The standard InChI is InChI=1S/C20H26N4O2/c1-23(2)18-7-5-16(6-8-18)19(24-10-12-26-13-11-24)15-22-20(25)17-4-3-9-21-14-17/h3-9,14,19H,10-13,15H2,1-2H3,(H,22,25). The quantitative estimate of drug-likeness (QED) is 0.859. The van der Waals surface area contributed by atoms with E-state index >= 15 is 0 Å². The molecule has 1 atom stereocenters. The summed E-state index contributed by atoms with van der Waals surface area (Å²) in [5, 5.41) is 3.06. The van der Waals surface area contributed by atoms with Crippen molar-refractivity contribution in [2.75, 3.05) is 51.8 Å². The first-order valence-corrected chi connectivity index (χ1v) is 8.92. The van der Waals surface area contributed by atoms with Gasteiger partial charge >= 0.3 is 0 Å². The van der Waals surface area contributed by atoms with Gasteiger partial charge in [-0.2, -0.15) is 0 Å². The van der Waals surface area contributed by atoms with E-state index in [1.807, 2.05) is 14.1 Å². The fraction of sp³-hybridized carbons (Fsp3) is 0.400. The van der Waals surface area contributed by atoms with Gasteiger partial charge in [0.25, 0.3) is 5.91 Å². The smallest absolute Gasteiger partial charge is 0.252 e. The molecule has 1 amide bonds. The van der Waals surface area contributed by atoms with Crippen LogP contribution in [0.5, 0.6) is 0 Å². The average molecular weight is 354 g/mol. The van der Waals surface area contributed by atoms with E-state index in [4.69, 9.17) is 4.74 Å². The minimum atomic E-state index is -0.0960. The van der Waals surface area contributed by atoms with E-state index in [1.54, 1.807) is 24.5 Å². The molecule has 0 saturated carbocycles. The number of nitrogens with one attached hydrogen (secondary N) is 1. The van der Waals surface area contributed by atoms with Gasteiger partial charge in [-0.1, -0.05) is 12.1 Å². The lowest BCUT2D eigenvalue weighted by molar-refractivity contribution is 0.0162. The highest BCUT2D eigenvalue weighted by molar-refractivity contribution is 5.93. The number of hydrogen-bond acceptors (Lipinski definition) is 5. The monoisotopic (exact) mass is 354 g/mol. The molecule has 2 aromatic rings. The van der Waals surface area contributed by atoms with Crippen molar-refractivity contribution in [1.82, 2.24) is 15.2 Å². The number of amides is 1. The third kappa shape index (κ3) is 4.59. The Morgan fingerprint density at radius 1 is 1.23 bits per heavy atom. The Kier molecular flexibility index (Phi) is 6.20. The number of carbonyl (C=O) groups excluding carboxylic acids is 1. The van der Waals surface area contributed by atoms with Crippen LogP contribution < -0.4 is 10.2 Å². The van der Waals surface area contributed by atoms with Crippen LogP contribution in [0.2, 0.25) is 0 Å². The number of hydrogen-bond donors (Lipinski definition) is 1. The molecule has 0 spiro atoms. The maximum absolute atomic E-state index is 12.4. The number of ether oxygens (including phenoxy) is 1. The molecule has 1 unspecified atom stereocenters. The molecule has 0 aliphatic carbocycles. The van der Waals surface area contributed by atoms with Crippen molar-refractivity contribution in [2.24, 2.45) is 0 Å². The SMILES string of the molecule is CN(C)c1ccc(C(CNC(=O)c2cccnc2)N2CCOCC2)cc1. The number of aromatic nitrogens is 1. The first kappa shape index (κ1) is 18.4. The molecule has 1 aliphatic heterocycles. The maximum atomic E-state index is 12.4. The molecule has 6 nitrogen and oxygen atoms in total. The number of benzene rings is 1. The van der Waals surface area contributed by atoms with E-state index in [9.17, 15) is 4.79 Å². The van der Waals surface area contributed by atoms with Crippen molar-refractivity contribution in [3.8, 4) is 0 Å². The van der Waals surface area contributed by atoms with E-state index in [0.29, 0.717) is 12.1 Å². The van der Waals surface area contributed by atoms with Crippen molar-refractivity contribution < 1.29 is 9.53 Å². The highest BCUT2D eigenvalue weighted by Gasteiger charge is 2.23. The summed E-state index contributed by atoms with van der Waals surface area (Å²) in [7, 11) is 4.06. The van der Waals surface area contributed by atoms with Crippen LogP contribution in [0, 0.1) is 0 Å². The van der Waals surface area contributed by atoms with E-state index < -0.39 is 0 Å². The van der Waals surface area contributed by atoms with Crippen LogP contribution >= 0.6 is 0 Å². The van der Waals surface area contributed by atoms with Crippen molar-refractivity contribution >= 4 is 11.6 Å². The molecule has 0 radical (unpaired) electrons. The Bertz CT molecular complexity index is 698. The van der Waals surface area contributed by atoms with Gasteiger partial charge in [-0.3, -0.25) is 14.7 Å². The summed E-state index contributed by atoms with van der Waals surface area (Å²) in [5.41, 5.74) is 2.94. The molecule has 1 aromatic heterocycles. The Labute approximate surface area is 154 Å². The largest absolute Gasteiger partial charge is 0.379 e. The molecular formula is C20H26N4O2. The molecule has 6 heteroatoms. The number of rotatable bonds is 6. The van der Waals surface area contributed by atoms with Gasteiger partial charge < -0.3 is 15.0 Å². The summed E-state index contributed by atoms with van der Waals surface area (Å²) in [6.07, 6.45) is 3.25. The Balaban J connectivity index is 1.73. The second-order valence-corrected chi connectivity index (χ2v) is 6.60. The molecular weight excluding hydrogens is 328 g/mol. The lowest BCUT2D eigenvalue weighted by Crippen LogP contribution is -2.43. The van der Waals surface area contributed by atoms with Crippen LogP contribution in [0.3, 0.4) is 0 Å². The summed E-state index contributed by atoms with van der Waals surface area (Å²) >= 11 is 0. The molecule has 2 heterocycles. The lowest BCUT2D eigenvalue weighted by Gasteiger charge is -2.35. The Morgan fingerprint density at radius 2 is 1.96 bits per heavy atom. The van der Waals surface area contributed by atoms with Gasteiger partial charge in [-0.25, -0.2) is 0 Å². The topological polar surface area (TPSA) is 57.7 Å². The Hall–Kier alpha value is -2.44. The van der Waals surface area contributed by atoms with E-state index in [1.165, 1.54) is 5.56 Å². The first-order valence-electron chi connectivity index (χ1n) is 8.92. The molecule has 3 rings (SSSR count). The highest BCUT2D eigenvalue weighted by Crippen LogP contribution is 2.24. The van der Waals surface area contributed by atoms with Crippen molar-refractivity contribution in [3.05, 3.63) is 59.9 Å². The predicted octanol–water partition coefficient (Wildman–Crippen LogP) is 1.95. The number of morpholine rings is 1. The van der Waals surface area contributed by atoms with Crippen LogP contribution in [-0.4, -0.2) is 62.7 Å². The van der Waals surface area contributed by atoms with Crippen molar-refractivity contribution in [3.63, 3.8) is 0 Å². The van der Waals surface area contributed by atoms with E-state index in [2.05, 4.69) is 44.4 Å². The fourth-order valence-corrected chi connectivity index (χ4v) is 3.13. The molecule has 1 saturated heterocycles. The van der Waals surface area contributed by atoms with Gasteiger partial charge in [0.1, 0.15) is 0 Å². The fourth-order valence-electron chi connectivity index (χ4n) is 3.13. The van der Waals surface area contributed by atoms with E-state index in [0.717, 1.165) is 32.0 Å². The summed E-state index contributed by atoms with van der Waals surface area (Å²) in [4.78, 5) is 20.9. The molecule has 0 bridgehead atoms. The molecule has 138 valence electrons. The minimum absolute atomic E-state index is 0.0960. The summed E-state index contributed by atoms with van der Waals surface area (Å²) in [5.74, 6) is -0.0960. The second-order valence-electron chi connectivity index (χ2n) is 6.60. The molecule has 1 fully saturated rings. The van der Waals surface area contributed by atoms with Gasteiger partial charge in [0.15, 0.2) is 0 Å². The van der Waals surface area contributed by atoms with Crippen LogP contribution in [-0.2, 0) is 4.74 Å². The van der Waals surface area contributed by atoms with Crippen LogP contribution in [0.4, 0.5) is 5.69 Å². The zero-order chi connectivity index (χ0) is 18.4. The first-order chi connectivity index (χ1) is 12.6. The van der Waals surface area contributed by atoms with Crippen LogP contribution in [0.15, 0.2) is 48.8 Å². The van der Waals surface area contributed by atoms with Crippen molar-refractivity contribution in [2.45, 2.75) is 6.04 Å². The number of carbonyl (C=O) groups is 1. The van der Waals surface area contributed by atoms with Crippen molar-refractivity contribution in [1.29, 1.82) is 0 Å². The van der Waals surface area contributed by atoms with Crippen LogP contribution in [0.25, 0.3) is 0 Å². The highest BCUT2D eigenvalue weighted by atomic mass is 16.5. The predicted molar refractivity (Wildman–Crippen MR) is 102 cm³/mol. The van der Waals surface area contributed by atoms with Gasteiger partial charge in [0, 0.05) is 51.8 Å². The Morgan fingerprint density at radius 3 is 2.58 bits per heavy atom. The van der Waals surface area contributed by atoms with Gasteiger partial charge in [0.2, 0.25) is 0 Å². The zero-order valence-corrected chi connectivity index (χ0v) is 15.4. The molecule has 1 aliphatic rings. The summed E-state index contributed by atoms with van der Waals surface area (Å²) in [6.45, 7) is 3.73. The van der Waals surface area contributed by atoms with Crippen LogP contribution in [0.1, 0.15) is 22.0 Å². The molecule has 1 aromatic carbocycles. The third-order valence-electron chi connectivity index (χ3n) is 4.66.